The van der Waals surface area contributed by atoms with Crippen LogP contribution in [0.15, 0.2) is 47.4 Å². The molecule has 0 aliphatic carbocycles. The Bertz CT molecular complexity index is 1080. The molecule has 2 heterocycles. The summed E-state index contributed by atoms with van der Waals surface area (Å²) in [6.07, 6.45) is 1.57. The monoisotopic (exact) mass is 478 g/mol. The summed E-state index contributed by atoms with van der Waals surface area (Å²) in [6, 6.07) is 10.0. The van der Waals surface area contributed by atoms with Crippen molar-refractivity contribution >= 4 is 21.4 Å². The maximum atomic E-state index is 13.5. The van der Waals surface area contributed by atoms with E-state index in [1.54, 1.807) is 12.1 Å². The van der Waals surface area contributed by atoms with Gasteiger partial charge in [-0.2, -0.15) is 4.31 Å². The predicted octanol–water partition coefficient (Wildman–Crippen LogP) is 3.00. The van der Waals surface area contributed by atoms with Gasteiger partial charge in [0.2, 0.25) is 10.0 Å². The van der Waals surface area contributed by atoms with Gasteiger partial charge in [0.15, 0.2) is 0 Å². The average molecular weight is 479 g/mol. The zero-order chi connectivity index (χ0) is 23.4. The maximum Gasteiger partial charge on any atom is 0.293 e. The molecule has 1 N–H and O–H groups in total. The molecule has 2 saturated heterocycles. The number of nitro benzene ring substituents is 1. The van der Waals surface area contributed by atoms with Gasteiger partial charge in [0.05, 0.1) is 29.1 Å². The van der Waals surface area contributed by atoms with Crippen molar-refractivity contribution in [3.8, 4) is 0 Å². The topological polar surface area (TPSA) is 105 Å². The molecule has 2 aliphatic rings. The lowest BCUT2D eigenvalue weighted by Gasteiger charge is -2.35. The Morgan fingerprint density at radius 3 is 2.36 bits per heavy atom. The molecule has 0 amide bonds. The number of benzene rings is 2. The van der Waals surface area contributed by atoms with Gasteiger partial charge in [-0.1, -0.05) is 12.1 Å². The van der Waals surface area contributed by atoms with Crippen LogP contribution in [0.3, 0.4) is 0 Å². The van der Waals surface area contributed by atoms with Crippen molar-refractivity contribution in [3.05, 3.63) is 64.0 Å². The Kier molecular flexibility index (Phi) is 7.23. The van der Waals surface area contributed by atoms with Crippen LogP contribution in [-0.2, 0) is 14.8 Å². The molecule has 1 atom stereocenters. The van der Waals surface area contributed by atoms with Crippen molar-refractivity contribution in [3.63, 3.8) is 0 Å². The highest BCUT2D eigenvalue weighted by Gasteiger charge is 2.30. The van der Waals surface area contributed by atoms with Crippen molar-refractivity contribution in [1.82, 2.24) is 9.21 Å². The fraction of sp³-hybridized carbons (Fsp3) is 0.455. The second-order valence-electron chi connectivity index (χ2n) is 8.14. The minimum atomic E-state index is -3.76. The summed E-state index contributed by atoms with van der Waals surface area (Å²) >= 11 is 0. The molecule has 11 heteroatoms. The lowest BCUT2D eigenvalue weighted by molar-refractivity contribution is -0.384. The van der Waals surface area contributed by atoms with Crippen LogP contribution in [0, 0.1) is 15.9 Å². The number of nitro groups is 1. The lowest BCUT2D eigenvalue weighted by Crippen LogP contribution is -2.41. The molecule has 2 aromatic carbocycles. The van der Waals surface area contributed by atoms with E-state index in [9.17, 15) is 22.9 Å². The van der Waals surface area contributed by atoms with Crippen LogP contribution < -0.4 is 5.32 Å². The third-order valence-electron chi connectivity index (χ3n) is 6.10. The van der Waals surface area contributed by atoms with E-state index >= 15 is 0 Å². The highest BCUT2D eigenvalue weighted by molar-refractivity contribution is 7.89. The van der Waals surface area contributed by atoms with Crippen LogP contribution in [0.5, 0.6) is 0 Å². The fourth-order valence-electron chi connectivity index (χ4n) is 4.29. The first-order valence-electron chi connectivity index (χ1n) is 11.0. The summed E-state index contributed by atoms with van der Waals surface area (Å²) < 4.78 is 45.9. The van der Waals surface area contributed by atoms with Gasteiger partial charge in [0.1, 0.15) is 11.5 Å². The first-order chi connectivity index (χ1) is 15.9. The molecule has 2 aliphatic heterocycles. The zero-order valence-electron chi connectivity index (χ0n) is 18.2. The third-order valence-corrected chi connectivity index (χ3v) is 7.99. The fourth-order valence-corrected chi connectivity index (χ4v) is 5.83. The van der Waals surface area contributed by atoms with Gasteiger partial charge >= 0.3 is 0 Å². The van der Waals surface area contributed by atoms with Gasteiger partial charge in [0, 0.05) is 38.8 Å². The quantitative estimate of drug-likeness (QED) is 0.459. The second-order valence-corrected chi connectivity index (χ2v) is 10.1. The number of morpholine rings is 1. The molecule has 0 unspecified atom stereocenters. The molecule has 0 bridgehead atoms. The standard InChI is InChI=1S/C22H27FN4O5S/c23-18-5-3-17(4-6-18)22(25-11-13-32-14-12-25)16-24-20-8-7-19(15-21(20)27(28)29)33(30,31)26-9-1-2-10-26/h3-8,15,22,24H,1-2,9-14,16H2/t22-/m0/s1. The number of ether oxygens (including phenoxy) is 1. The molecule has 0 radical (unpaired) electrons. The van der Waals surface area contributed by atoms with Gasteiger partial charge < -0.3 is 10.1 Å². The minimum absolute atomic E-state index is 0.0788. The molecule has 4 rings (SSSR count). The van der Waals surface area contributed by atoms with Gasteiger partial charge in [-0.25, -0.2) is 12.8 Å². The molecule has 0 aromatic heterocycles. The van der Waals surface area contributed by atoms with E-state index in [0.29, 0.717) is 45.9 Å². The molecular weight excluding hydrogens is 451 g/mol. The zero-order valence-corrected chi connectivity index (χ0v) is 19.0. The van der Waals surface area contributed by atoms with E-state index in [4.69, 9.17) is 4.74 Å². The Morgan fingerprint density at radius 2 is 1.73 bits per heavy atom. The van der Waals surface area contributed by atoms with E-state index in [-0.39, 0.29) is 28.1 Å². The summed E-state index contributed by atoms with van der Waals surface area (Å²) in [5, 5.41) is 14.9. The molecule has 2 aromatic rings. The third kappa shape index (κ3) is 5.32. The number of hydrogen-bond donors (Lipinski definition) is 1. The van der Waals surface area contributed by atoms with Crippen LogP contribution in [0.25, 0.3) is 0 Å². The average Bonchev–Trinajstić information content (AvgIpc) is 3.37. The van der Waals surface area contributed by atoms with Gasteiger partial charge in [-0.3, -0.25) is 15.0 Å². The van der Waals surface area contributed by atoms with E-state index in [1.165, 1.54) is 28.6 Å². The Balaban J connectivity index is 1.58. The molecule has 178 valence electrons. The predicted molar refractivity (Wildman–Crippen MR) is 121 cm³/mol. The lowest BCUT2D eigenvalue weighted by atomic mass is 10.0. The summed E-state index contributed by atoms with van der Waals surface area (Å²) in [7, 11) is -3.76. The highest BCUT2D eigenvalue weighted by Crippen LogP contribution is 2.31. The molecule has 9 nitrogen and oxygen atoms in total. The van der Waals surface area contributed by atoms with Crippen LogP contribution in [0.4, 0.5) is 15.8 Å². The van der Waals surface area contributed by atoms with Crippen molar-refractivity contribution in [2.24, 2.45) is 0 Å². The Hall–Kier alpha value is -2.60. The number of hydrogen-bond acceptors (Lipinski definition) is 7. The number of nitrogens with one attached hydrogen (secondary N) is 1. The van der Waals surface area contributed by atoms with Crippen LogP contribution >= 0.6 is 0 Å². The minimum Gasteiger partial charge on any atom is -0.379 e. The van der Waals surface area contributed by atoms with E-state index < -0.39 is 14.9 Å². The van der Waals surface area contributed by atoms with E-state index in [2.05, 4.69) is 10.2 Å². The molecule has 0 saturated carbocycles. The van der Waals surface area contributed by atoms with Crippen LogP contribution in [0.1, 0.15) is 24.4 Å². The number of halogens is 1. The van der Waals surface area contributed by atoms with Crippen molar-refractivity contribution in [1.29, 1.82) is 0 Å². The molecule has 0 spiro atoms. The number of rotatable bonds is 8. The van der Waals surface area contributed by atoms with Gasteiger partial charge in [0.25, 0.3) is 5.69 Å². The summed E-state index contributed by atoms with van der Waals surface area (Å²) in [5.74, 6) is -0.335. The Labute approximate surface area is 192 Å². The van der Waals surface area contributed by atoms with Crippen LogP contribution in [-0.4, -0.2) is 68.5 Å². The number of nitrogens with zero attached hydrogens (tertiary/aromatic N) is 3. The number of sulfonamides is 1. The van der Waals surface area contributed by atoms with Crippen molar-refractivity contribution < 1.29 is 22.5 Å². The molecule has 33 heavy (non-hydrogen) atoms. The summed E-state index contributed by atoms with van der Waals surface area (Å²) in [6.45, 7) is 3.67. The van der Waals surface area contributed by atoms with E-state index in [1.807, 2.05) is 0 Å². The smallest absolute Gasteiger partial charge is 0.293 e. The SMILES string of the molecule is O=[N+]([O-])c1cc(S(=O)(=O)N2CCCC2)ccc1NC[C@@H](c1ccc(F)cc1)N1CCOCC1. The van der Waals surface area contributed by atoms with Gasteiger partial charge in [-0.15, -0.1) is 0 Å². The van der Waals surface area contributed by atoms with Crippen molar-refractivity contribution in [2.45, 2.75) is 23.8 Å². The Morgan fingerprint density at radius 1 is 1.06 bits per heavy atom. The first-order valence-corrected chi connectivity index (χ1v) is 12.4. The first kappa shape index (κ1) is 23.6. The number of anilines is 1. The summed E-state index contributed by atoms with van der Waals surface area (Å²) in [5.41, 5.74) is 0.817. The normalized spacial score (nSPS) is 18.8. The largest absolute Gasteiger partial charge is 0.379 e. The van der Waals surface area contributed by atoms with Crippen molar-refractivity contribution in [2.75, 3.05) is 51.3 Å². The summed E-state index contributed by atoms with van der Waals surface area (Å²) in [4.78, 5) is 13.3. The second kappa shape index (κ2) is 10.1. The van der Waals surface area contributed by atoms with Crippen LogP contribution in [0.2, 0.25) is 0 Å². The highest BCUT2D eigenvalue weighted by atomic mass is 32.2. The maximum absolute atomic E-state index is 13.5. The van der Waals surface area contributed by atoms with Gasteiger partial charge in [-0.05, 0) is 42.7 Å². The van der Waals surface area contributed by atoms with E-state index in [0.717, 1.165) is 24.5 Å². The molecular formula is C22H27FN4O5S. The molecule has 2 fully saturated rings.